The number of unbranched alkanes of at least 4 members (excludes halogenated alkanes) is 8. The Bertz CT molecular complexity index is 660. The number of ether oxygens (including phenoxy) is 2. The Morgan fingerprint density at radius 2 is 1.10 bits per heavy atom. The van der Waals surface area contributed by atoms with Crippen LogP contribution in [0.5, 0.6) is 5.75 Å². The van der Waals surface area contributed by atoms with Crippen LogP contribution in [0, 0.1) is 0 Å². The second kappa shape index (κ2) is 15.1. The Kier molecular flexibility index (Phi) is 12.3. The van der Waals surface area contributed by atoms with Gasteiger partial charge in [0.25, 0.3) is 0 Å². The van der Waals surface area contributed by atoms with E-state index in [0.29, 0.717) is 0 Å². The van der Waals surface area contributed by atoms with Crippen LogP contribution in [0.3, 0.4) is 0 Å². The average Bonchev–Trinajstić information content (AvgIpc) is 2.79. The molecule has 2 nitrogen and oxygen atoms in total. The lowest BCUT2D eigenvalue weighted by Gasteiger charge is -2.14. The third kappa shape index (κ3) is 9.34. The molecule has 2 rings (SSSR count). The van der Waals surface area contributed by atoms with E-state index >= 15 is 0 Å². The smallest absolute Gasteiger partial charge is 0.119 e. The first-order chi connectivity index (χ1) is 14.7. The molecule has 0 aliphatic rings. The van der Waals surface area contributed by atoms with Gasteiger partial charge in [-0.2, -0.15) is 0 Å². The maximum absolute atomic E-state index is 5.99. The zero-order valence-electron chi connectivity index (χ0n) is 19.5. The lowest BCUT2D eigenvalue weighted by molar-refractivity contribution is 0.0628. The van der Waals surface area contributed by atoms with E-state index in [1.165, 1.54) is 68.1 Å². The summed E-state index contributed by atoms with van der Waals surface area (Å²) in [6.45, 7) is 8.30. The van der Waals surface area contributed by atoms with Gasteiger partial charge in [-0.3, -0.25) is 0 Å². The lowest BCUT2D eigenvalue weighted by atomic mass is 10.0. The summed E-state index contributed by atoms with van der Waals surface area (Å²) in [5, 5.41) is 0. The molecule has 0 spiro atoms. The van der Waals surface area contributed by atoms with Crippen LogP contribution >= 0.6 is 0 Å². The van der Waals surface area contributed by atoms with Crippen molar-refractivity contribution >= 4 is 0 Å². The van der Waals surface area contributed by atoms with Gasteiger partial charge >= 0.3 is 0 Å². The first-order valence-corrected chi connectivity index (χ1v) is 12.2. The van der Waals surface area contributed by atoms with Crippen LogP contribution in [0.15, 0.2) is 48.5 Å². The fourth-order valence-corrected chi connectivity index (χ4v) is 3.65. The van der Waals surface area contributed by atoms with Crippen LogP contribution in [0.4, 0.5) is 0 Å². The van der Waals surface area contributed by atoms with Crippen LogP contribution in [0.25, 0.3) is 11.1 Å². The van der Waals surface area contributed by atoms with Gasteiger partial charge in [-0.25, -0.2) is 0 Å². The van der Waals surface area contributed by atoms with Crippen molar-refractivity contribution in [3.8, 4) is 16.9 Å². The van der Waals surface area contributed by atoms with Crippen molar-refractivity contribution in [2.45, 2.75) is 91.1 Å². The number of rotatable bonds is 16. The largest absolute Gasteiger partial charge is 0.494 e. The van der Waals surface area contributed by atoms with E-state index < -0.39 is 0 Å². The van der Waals surface area contributed by atoms with E-state index in [4.69, 9.17) is 9.47 Å². The molecule has 0 aromatic heterocycles. The highest BCUT2D eigenvalue weighted by atomic mass is 16.5. The molecule has 2 heteroatoms. The van der Waals surface area contributed by atoms with Gasteiger partial charge in [-0.05, 0) is 48.6 Å². The molecule has 0 amide bonds. The minimum atomic E-state index is 0.151. The van der Waals surface area contributed by atoms with E-state index in [1.807, 2.05) is 0 Å². The van der Waals surface area contributed by atoms with Crippen molar-refractivity contribution < 1.29 is 9.47 Å². The van der Waals surface area contributed by atoms with E-state index in [-0.39, 0.29) is 6.10 Å². The van der Waals surface area contributed by atoms with Crippen LogP contribution in [-0.4, -0.2) is 13.2 Å². The molecule has 30 heavy (non-hydrogen) atoms. The summed E-state index contributed by atoms with van der Waals surface area (Å²) < 4.78 is 11.9. The molecule has 0 saturated heterocycles. The SMILES string of the molecule is CCCCCCCCOc1ccc(-c2ccc(C(C)OCCCCCC)cc2)cc1. The van der Waals surface area contributed by atoms with E-state index in [2.05, 4.69) is 69.3 Å². The van der Waals surface area contributed by atoms with Gasteiger partial charge in [0.2, 0.25) is 0 Å². The Hall–Kier alpha value is -1.80. The van der Waals surface area contributed by atoms with Gasteiger partial charge in [0.05, 0.1) is 12.7 Å². The Balaban J connectivity index is 1.74. The minimum Gasteiger partial charge on any atom is -0.494 e. The number of benzene rings is 2. The molecule has 0 N–H and O–H groups in total. The first kappa shape index (κ1) is 24.5. The highest BCUT2D eigenvalue weighted by Crippen LogP contribution is 2.25. The summed E-state index contributed by atoms with van der Waals surface area (Å²) in [4.78, 5) is 0. The molecule has 166 valence electrons. The minimum absolute atomic E-state index is 0.151. The summed E-state index contributed by atoms with van der Waals surface area (Å²) in [5.74, 6) is 0.967. The lowest BCUT2D eigenvalue weighted by Crippen LogP contribution is -2.01. The van der Waals surface area contributed by atoms with E-state index in [1.54, 1.807) is 0 Å². The third-order valence-corrected chi connectivity index (χ3v) is 5.70. The van der Waals surface area contributed by atoms with Crippen LogP contribution in [0.1, 0.15) is 96.6 Å². The fraction of sp³-hybridized carbons (Fsp3) is 0.571. The average molecular weight is 411 g/mol. The number of hydrogen-bond donors (Lipinski definition) is 0. The van der Waals surface area contributed by atoms with Crippen molar-refractivity contribution in [2.75, 3.05) is 13.2 Å². The van der Waals surface area contributed by atoms with Crippen molar-refractivity contribution in [3.63, 3.8) is 0 Å². The zero-order chi connectivity index (χ0) is 21.4. The van der Waals surface area contributed by atoms with Gasteiger partial charge < -0.3 is 9.47 Å². The molecule has 1 unspecified atom stereocenters. The topological polar surface area (TPSA) is 18.5 Å². The zero-order valence-corrected chi connectivity index (χ0v) is 19.5. The molecule has 0 saturated carbocycles. The van der Waals surface area contributed by atoms with Crippen LogP contribution < -0.4 is 4.74 Å². The second-order valence-corrected chi connectivity index (χ2v) is 8.34. The van der Waals surface area contributed by atoms with Gasteiger partial charge in [0.15, 0.2) is 0 Å². The van der Waals surface area contributed by atoms with Gasteiger partial charge in [-0.15, -0.1) is 0 Å². The number of hydrogen-bond acceptors (Lipinski definition) is 2. The molecule has 2 aromatic rings. The van der Waals surface area contributed by atoms with Crippen molar-refractivity contribution in [3.05, 3.63) is 54.1 Å². The Labute approximate surface area is 185 Å². The summed E-state index contributed by atoms with van der Waals surface area (Å²) in [7, 11) is 0. The second-order valence-electron chi connectivity index (χ2n) is 8.34. The normalized spacial score (nSPS) is 12.1. The van der Waals surface area contributed by atoms with Crippen LogP contribution in [-0.2, 0) is 4.74 Å². The van der Waals surface area contributed by atoms with Gasteiger partial charge in [0, 0.05) is 6.61 Å². The quantitative estimate of drug-likeness (QED) is 0.257. The van der Waals surface area contributed by atoms with Gasteiger partial charge in [0.1, 0.15) is 5.75 Å². The fourth-order valence-electron chi connectivity index (χ4n) is 3.65. The Morgan fingerprint density at radius 1 is 0.600 bits per heavy atom. The molecule has 2 aromatic carbocycles. The summed E-state index contributed by atoms with van der Waals surface area (Å²) in [6.07, 6.45) is 12.9. The molecular weight excluding hydrogens is 368 g/mol. The van der Waals surface area contributed by atoms with E-state index in [9.17, 15) is 0 Å². The third-order valence-electron chi connectivity index (χ3n) is 5.70. The summed E-state index contributed by atoms with van der Waals surface area (Å²) in [5.41, 5.74) is 3.70. The predicted molar refractivity (Wildman–Crippen MR) is 129 cm³/mol. The Morgan fingerprint density at radius 3 is 1.73 bits per heavy atom. The molecular formula is C28H42O2. The molecule has 0 heterocycles. The highest BCUT2D eigenvalue weighted by molar-refractivity contribution is 5.64. The molecule has 0 aliphatic carbocycles. The predicted octanol–water partition coefficient (Wildman–Crippen LogP) is 8.75. The first-order valence-electron chi connectivity index (χ1n) is 12.2. The van der Waals surface area contributed by atoms with Gasteiger partial charge in [-0.1, -0.05) is 102 Å². The van der Waals surface area contributed by atoms with Crippen molar-refractivity contribution in [1.82, 2.24) is 0 Å². The molecule has 0 fully saturated rings. The maximum Gasteiger partial charge on any atom is 0.119 e. The molecule has 0 radical (unpaired) electrons. The van der Waals surface area contributed by atoms with Crippen molar-refractivity contribution in [1.29, 1.82) is 0 Å². The monoisotopic (exact) mass is 410 g/mol. The van der Waals surface area contributed by atoms with Crippen molar-refractivity contribution in [2.24, 2.45) is 0 Å². The highest BCUT2D eigenvalue weighted by Gasteiger charge is 2.06. The molecule has 0 bridgehead atoms. The summed E-state index contributed by atoms with van der Waals surface area (Å²) in [6, 6.07) is 17.2. The van der Waals surface area contributed by atoms with Crippen LogP contribution in [0.2, 0.25) is 0 Å². The standard InChI is InChI=1S/C28H42O2/c1-4-6-8-10-11-13-23-30-28-20-18-27(19-21-28)26-16-14-25(15-17-26)24(3)29-22-12-9-7-5-2/h14-21,24H,4-13,22-23H2,1-3H3. The molecule has 1 atom stereocenters. The van der Waals surface area contributed by atoms with E-state index in [0.717, 1.165) is 31.8 Å². The summed E-state index contributed by atoms with van der Waals surface area (Å²) >= 11 is 0. The molecule has 0 aliphatic heterocycles. The maximum atomic E-state index is 5.99.